The maximum atomic E-state index is 12.7. The van der Waals surface area contributed by atoms with E-state index >= 15 is 0 Å². The van der Waals surface area contributed by atoms with Gasteiger partial charge in [-0.1, -0.05) is 24.3 Å². The standard InChI is InChI=1S/C22H19N3OS2/c26-21(12-11-20-23-16-7-1-3-9-18(16)27-20)25-13-5-6-15(14-25)22-24-17-8-2-4-10-19(17)28-22/h1-4,7-12,15H,5-6,13-14H2/b12-11+/t15-/m0/s1. The summed E-state index contributed by atoms with van der Waals surface area (Å²) in [7, 11) is 0. The molecular formula is C22H19N3OS2. The molecule has 4 aromatic rings. The van der Waals surface area contributed by atoms with Crippen molar-refractivity contribution in [2.24, 2.45) is 0 Å². The van der Waals surface area contributed by atoms with Gasteiger partial charge in [-0.2, -0.15) is 0 Å². The van der Waals surface area contributed by atoms with Crippen LogP contribution in [-0.2, 0) is 4.79 Å². The lowest BCUT2D eigenvalue weighted by atomic mass is 9.98. The molecule has 2 aromatic carbocycles. The molecule has 1 fully saturated rings. The molecule has 4 nitrogen and oxygen atoms in total. The van der Waals surface area contributed by atoms with E-state index in [4.69, 9.17) is 4.98 Å². The summed E-state index contributed by atoms with van der Waals surface area (Å²) in [6.45, 7) is 1.55. The second-order valence-electron chi connectivity index (χ2n) is 7.00. The highest BCUT2D eigenvalue weighted by Gasteiger charge is 2.26. The van der Waals surface area contributed by atoms with E-state index in [2.05, 4.69) is 23.2 Å². The zero-order chi connectivity index (χ0) is 18.9. The van der Waals surface area contributed by atoms with Gasteiger partial charge in [0.25, 0.3) is 0 Å². The molecule has 0 aliphatic carbocycles. The zero-order valence-electron chi connectivity index (χ0n) is 15.2. The number of carbonyl (C=O) groups excluding carboxylic acids is 1. The van der Waals surface area contributed by atoms with Crippen LogP contribution in [0.2, 0.25) is 0 Å². The van der Waals surface area contributed by atoms with E-state index in [-0.39, 0.29) is 5.91 Å². The van der Waals surface area contributed by atoms with Gasteiger partial charge in [0.05, 0.1) is 25.4 Å². The molecule has 5 rings (SSSR count). The van der Waals surface area contributed by atoms with Gasteiger partial charge in [0.15, 0.2) is 0 Å². The van der Waals surface area contributed by atoms with Gasteiger partial charge in [0, 0.05) is 25.1 Å². The largest absolute Gasteiger partial charge is 0.338 e. The number of hydrogen-bond acceptors (Lipinski definition) is 5. The topological polar surface area (TPSA) is 46.1 Å². The Morgan fingerprint density at radius 3 is 2.46 bits per heavy atom. The Morgan fingerprint density at radius 1 is 1.00 bits per heavy atom. The average Bonchev–Trinajstić information content (AvgIpc) is 3.35. The first-order valence-electron chi connectivity index (χ1n) is 9.44. The van der Waals surface area contributed by atoms with Gasteiger partial charge in [-0.15, -0.1) is 22.7 Å². The van der Waals surface area contributed by atoms with E-state index in [9.17, 15) is 4.79 Å². The van der Waals surface area contributed by atoms with Crippen molar-refractivity contribution in [2.75, 3.05) is 13.1 Å². The Bertz CT molecular complexity index is 1110. The molecule has 3 heterocycles. The number of nitrogens with zero attached hydrogens (tertiary/aromatic N) is 3. The normalized spacial score (nSPS) is 17.7. The van der Waals surface area contributed by atoms with E-state index in [1.54, 1.807) is 28.7 Å². The molecule has 0 N–H and O–H groups in total. The van der Waals surface area contributed by atoms with Gasteiger partial charge < -0.3 is 4.90 Å². The van der Waals surface area contributed by atoms with Crippen LogP contribution in [0, 0.1) is 0 Å². The lowest BCUT2D eigenvalue weighted by molar-refractivity contribution is -0.127. The molecule has 0 radical (unpaired) electrons. The Kier molecular flexibility index (Phi) is 4.66. The first kappa shape index (κ1) is 17.5. The van der Waals surface area contributed by atoms with Crippen LogP contribution in [0.15, 0.2) is 54.6 Å². The monoisotopic (exact) mass is 405 g/mol. The maximum Gasteiger partial charge on any atom is 0.246 e. The Morgan fingerprint density at radius 2 is 1.71 bits per heavy atom. The molecule has 1 aliphatic heterocycles. The highest BCUT2D eigenvalue weighted by atomic mass is 32.1. The number of rotatable bonds is 3. The highest BCUT2D eigenvalue weighted by Crippen LogP contribution is 2.33. The smallest absolute Gasteiger partial charge is 0.246 e. The van der Waals surface area contributed by atoms with E-state index < -0.39 is 0 Å². The zero-order valence-corrected chi connectivity index (χ0v) is 16.9. The number of fused-ring (bicyclic) bond motifs is 2. The molecule has 140 valence electrons. The fourth-order valence-electron chi connectivity index (χ4n) is 3.65. The van der Waals surface area contributed by atoms with Crippen molar-refractivity contribution in [1.29, 1.82) is 0 Å². The number of piperidine rings is 1. The van der Waals surface area contributed by atoms with Gasteiger partial charge in [-0.3, -0.25) is 4.79 Å². The Balaban J connectivity index is 1.30. The number of thiazole rings is 2. The van der Waals surface area contributed by atoms with Crippen LogP contribution in [0.4, 0.5) is 0 Å². The van der Waals surface area contributed by atoms with Crippen molar-refractivity contribution >= 4 is 55.1 Å². The van der Waals surface area contributed by atoms with E-state index in [1.807, 2.05) is 41.3 Å². The summed E-state index contributed by atoms with van der Waals surface area (Å²) in [6, 6.07) is 16.3. The van der Waals surface area contributed by atoms with Crippen LogP contribution in [-0.4, -0.2) is 33.9 Å². The van der Waals surface area contributed by atoms with Crippen molar-refractivity contribution in [1.82, 2.24) is 14.9 Å². The van der Waals surface area contributed by atoms with Gasteiger partial charge in [-0.05, 0) is 43.2 Å². The van der Waals surface area contributed by atoms with E-state index in [0.29, 0.717) is 5.92 Å². The molecule has 1 atom stereocenters. The molecule has 0 unspecified atom stereocenters. The maximum absolute atomic E-state index is 12.7. The predicted octanol–water partition coefficient (Wildman–Crippen LogP) is 5.33. The third kappa shape index (κ3) is 3.45. The van der Waals surface area contributed by atoms with Crippen LogP contribution < -0.4 is 0 Å². The van der Waals surface area contributed by atoms with Crippen LogP contribution >= 0.6 is 22.7 Å². The fourth-order valence-corrected chi connectivity index (χ4v) is 5.62. The lowest BCUT2D eigenvalue weighted by Crippen LogP contribution is -2.38. The number of carbonyl (C=O) groups is 1. The summed E-state index contributed by atoms with van der Waals surface area (Å²) in [4.78, 5) is 24.1. The number of aromatic nitrogens is 2. The second-order valence-corrected chi connectivity index (χ2v) is 9.12. The first-order valence-corrected chi connectivity index (χ1v) is 11.1. The van der Waals surface area contributed by atoms with Crippen LogP contribution in [0.25, 0.3) is 26.5 Å². The molecule has 0 bridgehead atoms. The molecule has 1 aliphatic rings. The number of hydrogen-bond donors (Lipinski definition) is 0. The van der Waals surface area contributed by atoms with Gasteiger partial charge >= 0.3 is 0 Å². The van der Waals surface area contributed by atoms with E-state index in [1.165, 1.54) is 4.70 Å². The van der Waals surface area contributed by atoms with Crippen molar-refractivity contribution in [3.05, 3.63) is 64.6 Å². The molecule has 0 spiro atoms. The van der Waals surface area contributed by atoms with Crippen molar-refractivity contribution in [3.8, 4) is 0 Å². The van der Waals surface area contributed by atoms with Crippen molar-refractivity contribution in [3.63, 3.8) is 0 Å². The molecule has 6 heteroatoms. The number of benzene rings is 2. The molecule has 0 saturated carbocycles. The van der Waals surface area contributed by atoms with Gasteiger partial charge in [-0.25, -0.2) is 9.97 Å². The molecule has 1 saturated heterocycles. The molecular weight excluding hydrogens is 386 g/mol. The quantitative estimate of drug-likeness (QED) is 0.433. The Labute approximate surface area is 171 Å². The summed E-state index contributed by atoms with van der Waals surface area (Å²) < 4.78 is 2.36. The van der Waals surface area contributed by atoms with Crippen molar-refractivity contribution < 1.29 is 4.79 Å². The fraction of sp³-hybridized carbons (Fsp3) is 0.227. The summed E-state index contributed by atoms with van der Waals surface area (Å²) >= 11 is 3.36. The lowest BCUT2D eigenvalue weighted by Gasteiger charge is -2.31. The summed E-state index contributed by atoms with van der Waals surface area (Å²) in [5.74, 6) is 0.385. The molecule has 2 aromatic heterocycles. The van der Waals surface area contributed by atoms with Gasteiger partial charge in [0.2, 0.25) is 5.91 Å². The predicted molar refractivity (Wildman–Crippen MR) is 117 cm³/mol. The minimum Gasteiger partial charge on any atom is -0.338 e. The van der Waals surface area contributed by atoms with Gasteiger partial charge in [0.1, 0.15) is 5.01 Å². The first-order chi connectivity index (χ1) is 13.8. The number of amides is 1. The molecule has 1 amide bonds. The summed E-state index contributed by atoms with van der Waals surface area (Å²) in [6.07, 6.45) is 5.61. The summed E-state index contributed by atoms with van der Waals surface area (Å²) in [5.41, 5.74) is 2.04. The second kappa shape index (κ2) is 7.45. The van der Waals surface area contributed by atoms with Crippen molar-refractivity contribution in [2.45, 2.75) is 18.8 Å². The summed E-state index contributed by atoms with van der Waals surface area (Å²) in [5, 5.41) is 2.02. The third-order valence-corrected chi connectivity index (χ3v) is 7.27. The highest BCUT2D eigenvalue weighted by molar-refractivity contribution is 7.19. The van der Waals surface area contributed by atoms with Crippen LogP contribution in [0.5, 0.6) is 0 Å². The Hall–Kier alpha value is -2.57. The molecule has 28 heavy (non-hydrogen) atoms. The minimum atomic E-state index is 0.0602. The SMILES string of the molecule is O=C(/C=C/c1nc2ccccc2s1)N1CCC[C@H](c2nc3ccccc3s2)C1. The van der Waals surface area contributed by atoms with Crippen LogP contribution in [0.3, 0.4) is 0 Å². The third-order valence-electron chi connectivity index (χ3n) is 5.07. The number of likely N-dealkylation sites (tertiary alicyclic amines) is 1. The average molecular weight is 406 g/mol. The number of para-hydroxylation sites is 2. The van der Waals surface area contributed by atoms with Crippen LogP contribution in [0.1, 0.15) is 28.8 Å². The minimum absolute atomic E-state index is 0.0602. The van der Waals surface area contributed by atoms with E-state index in [0.717, 1.165) is 51.7 Å².